The highest BCUT2D eigenvalue weighted by atomic mass is 35.5. The van der Waals surface area contributed by atoms with Crippen molar-refractivity contribution in [3.63, 3.8) is 0 Å². The van der Waals surface area contributed by atoms with Crippen LogP contribution in [0.15, 0.2) is 83.8 Å². The number of fused-ring (bicyclic) bond motifs is 2. The van der Waals surface area contributed by atoms with E-state index < -0.39 is 38.8 Å². The summed E-state index contributed by atoms with van der Waals surface area (Å²) in [4.78, 5) is 25.7. The van der Waals surface area contributed by atoms with E-state index in [2.05, 4.69) is 4.72 Å². The largest absolute Gasteiger partial charge is 0.504 e. The van der Waals surface area contributed by atoms with Gasteiger partial charge < -0.3 is 10.2 Å². The van der Waals surface area contributed by atoms with E-state index in [0.29, 0.717) is 5.02 Å². The maximum atomic E-state index is 13.0. The van der Waals surface area contributed by atoms with Gasteiger partial charge in [-0.05, 0) is 41.5 Å². The summed E-state index contributed by atoms with van der Waals surface area (Å²) in [5.74, 6) is -2.94. The number of nitrogens with one attached hydrogen (secondary N) is 1. The van der Waals surface area contributed by atoms with Crippen molar-refractivity contribution in [2.75, 3.05) is 4.72 Å². The molecule has 0 bridgehead atoms. The van der Waals surface area contributed by atoms with Crippen molar-refractivity contribution < 1.29 is 28.2 Å². The van der Waals surface area contributed by atoms with E-state index in [4.69, 9.17) is 11.6 Å². The summed E-state index contributed by atoms with van der Waals surface area (Å²) in [6, 6.07) is 20.2. The van der Waals surface area contributed by atoms with E-state index in [-0.39, 0.29) is 27.1 Å². The molecular formula is C26H16ClNO6S. The number of aromatic hydroxyl groups is 2. The van der Waals surface area contributed by atoms with Gasteiger partial charge in [0, 0.05) is 21.7 Å². The van der Waals surface area contributed by atoms with Crippen molar-refractivity contribution in [1.82, 2.24) is 0 Å². The molecule has 3 N–H and O–H groups in total. The Hall–Kier alpha value is -4.14. The van der Waals surface area contributed by atoms with Gasteiger partial charge in [0.1, 0.15) is 0 Å². The van der Waals surface area contributed by atoms with Gasteiger partial charge in [0.05, 0.1) is 16.1 Å². The van der Waals surface area contributed by atoms with Gasteiger partial charge in [0.15, 0.2) is 23.1 Å². The highest BCUT2D eigenvalue weighted by molar-refractivity contribution is 7.92. The fourth-order valence-corrected chi connectivity index (χ4v) is 5.16. The number of sulfonamides is 1. The molecule has 5 rings (SSSR count). The Morgan fingerprint density at radius 3 is 1.83 bits per heavy atom. The van der Waals surface area contributed by atoms with E-state index in [0.717, 1.165) is 17.2 Å². The second kappa shape index (κ2) is 8.26. The summed E-state index contributed by atoms with van der Waals surface area (Å²) in [7, 11) is -4.21. The number of phenols is 2. The Labute approximate surface area is 205 Å². The van der Waals surface area contributed by atoms with E-state index in [1.165, 1.54) is 24.3 Å². The molecule has 4 aromatic carbocycles. The first-order valence-corrected chi connectivity index (χ1v) is 12.2. The zero-order valence-electron chi connectivity index (χ0n) is 17.8. The highest BCUT2D eigenvalue weighted by Crippen LogP contribution is 2.43. The van der Waals surface area contributed by atoms with Crippen molar-refractivity contribution in [3.8, 4) is 22.6 Å². The minimum absolute atomic E-state index is 0.0915. The summed E-state index contributed by atoms with van der Waals surface area (Å²) in [6.45, 7) is 0. The minimum atomic E-state index is -4.21. The predicted octanol–water partition coefficient (Wildman–Crippen LogP) is 4.99. The van der Waals surface area contributed by atoms with Crippen LogP contribution in [0, 0.1) is 0 Å². The molecule has 0 aromatic heterocycles. The SMILES string of the molecule is O=C1c2ccccc2C(=O)c2c1cc(NS(=O)(=O)c1ccc(-c3ccc(Cl)cc3)cc1)c(O)c2O. The van der Waals surface area contributed by atoms with Crippen molar-refractivity contribution in [3.05, 3.63) is 106 Å². The molecule has 0 aliphatic heterocycles. The van der Waals surface area contributed by atoms with Crippen molar-refractivity contribution in [2.45, 2.75) is 4.90 Å². The fourth-order valence-electron chi connectivity index (χ4n) is 3.98. The number of hydrogen-bond donors (Lipinski definition) is 3. The Morgan fingerprint density at radius 2 is 1.23 bits per heavy atom. The zero-order chi connectivity index (χ0) is 24.9. The highest BCUT2D eigenvalue weighted by Gasteiger charge is 2.35. The molecule has 0 spiro atoms. The van der Waals surface area contributed by atoms with Crippen molar-refractivity contribution in [2.24, 2.45) is 0 Å². The number of carbonyl (C=O) groups excluding carboxylic acids is 2. The van der Waals surface area contributed by atoms with Crippen LogP contribution in [0.1, 0.15) is 31.8 Å². The monoisotopic (exact) mass is 505 g/mol. The number of rotatable bonds is 4. The van der Waals surface area contributed by atoms with Crippen LogP contribution in [-0.2, 0) is 10.0 Å². The number of hydrogen-bond acceptors (Lipinski definition) is 6. The molecule has 4 aromatic rings. The first kappa shape index (κ1) is 22.6. The summed E-state index contributed by atoms with van der Waals surface area (Å²) >= 11 is 5.91. The predicted molar refractivity (Wildman–Crippen MR) is 131 cm³/mol. The lowest BCUT2D eigenvalue weighted by molar-refractivity contribution is 0.0976. The molecule has 7 nitrogen and oxygen atoms in total. The van der Waals surface area contributed by atoms with E-state index in [1.54, 1.807) is 48.5 Å². The van der Waals surface area contributed by atoms with Crippen LogP contribution < -0.4 is 4.72 Å². The first-order valence-electron chi connectivity index (χ1n) is 10.3. The van der Waals surface area contributed by atoms with Crippen LogP contribution in [0.3, 0.4) is 0 Å². The first-order chi connectivity index (χ1) is 16.7. The summed E-state index contributed by atoms with van der Waals surface area (Å²) < 4.78 is 28.2. The molecule has 1 aliphatic carbocycles. The van der Waals surface area contributed by atoms with Crippen LogP contribution in [-0.4, -0.2) is 30.2 Å². The second-order valence-electron chi connectivity index (χ2n) is 7.88. The Morgan fingerprint density at radius 1 is 0.686 bits per heavy atom. The molecule has 174 valence electrons. The van der Waals surface area contributed by atoms with Crippen LogP contribution in [0.5, 0.6) is 11.5 Å². The number of carbonyl (C=O) groups is 2. The summed E-state index contributed by atoms with van der Waals surface area (Å²) in [5.41, 5.74) is 0.810. The van der Waals surface area contributed by atoms with Gasteiger partial charge in [-0.2, -0.15) is 0 Å². The van der Waals surface area contributed by atoms with Crippen molar-refractivity contribution >= 4 is 38.9 Å². The standard InChI is InChI=1S/C26H16ClNO6S/c27-16-9-5-14(6-10-16)15-7-11-17(12-8-15)35(33,34)28-21-13-20-22(26(32)25(21)31)24(30)19-4-2-1-3-18(19)23(20)29/h1-13,28,31-32H. The summed E-state index contributed by atoms with van der Waals surface area (Å²) in [6.07, 6.45) is 0. The molecule has 0 heterocycles. The summed E-state index contributed by atoms with van der Waals surface area (Å²) in [5, 5.41) is 21.6. The third kappa shape index (κ3) is 3.82. The molecule has 0 saturated carbocycles. The number of phenolic OH excluding ortho intramolecular Hbond substituents is 2. The van der Waals surface area contributed by atoms with Gasteiger partial charge in [-0.1, -0.05) is 60.1 Å². The quantitative estimate of drug-likeness (QED) is 0.296. The average Bonchev–Trinajstić information content (AvgIpc) is 2.86. The van der Waals surface area contributed by atoms with Crippen LogP contribution in [0.4, 0.5) is 5.69 Å². The smallest absolute Gasteiger partial charge is 0.262 e. The normalized spacial score (nSPS) is 12.7. The van der Waals surface area contributed by atoms with Crippen LogP contribution in [0.2, 0.25) is 5.02 Å². The van der Waals surface area contributed by atoms with Gasteiger partial charge in [0.2, 0.25) is 0 Å². The molecular weight excluding hydrogens is 490 g/mol. The Balaban J connectivity index is 1.50. The third-order valence-electron chi connectivity index (χ3n) is 5.75. The lowest BCUT2D eigenvalue weighted by Gasteiger charge is -2.20. The average molecular weight is 506 g/mol. The van der Waals surface area contributed by atoms with Gasteiger partial charge in [-0.3, -0.25) is 14.3 Å². The second-order valence-corrected chi connectivity index (χ2v) is 10.0. The van der Waals surface area contributed by atoms with E-state index >= 15 is 0 Å². The van der Waals surface area contributed by atoms with E-state index in [1.807, 2.05) is 0 Å². The minimum Gasteiger partial charge on any atom is -0.504 e. The van der Waals surface area contributed by atoms with E-state index in [9.17, 15) is 28.2 Å². The van der Waals surface area contributed by atoms with Crippen molar-refractivity contribution in [1.29, 1.82) is 0 Å². The lowest BCUT2D eigenvalue weighted by Crippen LogP contribution is -2.22. The Kier molecular flexibility index (Phi) is 5.35. The number of ketones is 2. The van der Waals surface area contributed by atoms with Gasteiger partial charge >= 0.3 is 0 Å². The van der Waals surface area contributed by atoms with Gasteiger partial charge in [-0.25, -0.2) is 8.42 Å². The number of anilines is 1. The number of benzene rings is 4. The molecule has 1 aliphatic rings. The lowest BCUT2D eigenvalue weighted by atomic mass is 9.83. The number of halogens is 1. The van der Waals surface area contributed by atoms with Gasteiger partial charge in [-0.15, -0.1) is 0 Å². The molecule has 0 unspecified atom stereocenters. The molecule has 9 heteroatoms. The van der Waals surface area contributed by atoms with Crippen LogP contribution in [0.25, 0.3) is 11.1 Å². The zero-order valence-corrected chi connectivity index (χ0v) is 19.4. The molecule has 0 atom stereocenters. The van der Waals surface area contributed by atoms with Gasteiger partial charge in [0.25, 0.3) is 10.0 Å². The Bertz CT molecular complexity index is 1630. The third-order valence-corrected chi connectivity index (χ3v) is 7.38. The fraction of sp³-hybridized carbons (Fsp3) is 0. The maximum Gasteiger partial charge on any atom is 0.262 e. The molecule has 0 radical (unpaired) electrons. The van der Waals surface area contributed by atoms with Crippen LogP contribution >= 0.6 is 11.6 Å². The molecule has 0 saturated heterocycles. The molecule has 0 fully saturated rings. The molecule has 35 heavy (non-hydrogen) atoms. The topological polar surface area (TPSA) is 121 Å². The maximum absolute atomic E-state index is 13.0. The molecule has 0 amide bonds.